The Kier molecular flexibility index (Phi) is 5.17. The summed E-state index contributed by atoms with van der Waals surface area (Å²) in [7, 11) is 0. The zero-order chi connectivity index (χ0) is 19.8. The lowest BCUT2D eigenvalue weighted by Gasteiger charge is -2.35. The third-order valence-electron chi connectivity index (χ3n) is 5.18. The van der Waals surface area contributed by atoms with E-state index in [1.807, 2.05) is 20.8 Å². The number of carbonyl (C=O) groups excluding carboxylic acids is 2. The fourth-order valence-corrected chi connectivity index (χ4v) is 3.47. The van der Waals surface area contributed by atoms with Crippen LogP contribution in [0.2, 0.25) is 0 Å². The first-order valence-electron chi connectivity index (χ1n) is 8.72. The summed E-state index contributed by atoms with van der Waals surface area (Å²) in [6, 6.07) is 10.9. The molecule has 0 spiro atoms. The smallest absolute Gasteiger partial charge is 0.262 e. The fourth-order valence-electron chi connectivity index (χ4n) is 3.10. The Balaban J connectivity index is 1.89. The molecular formula is C20H21NO5S. The largest absolute Gasteiger partial charge is 0.457 e. The SMILES string of the molecule is CCC(C)(CC)N1C(=O)c2ccc(Oc3ccc(S(=O)O)cc3)cc2C1=O. The normalized spacial score (nSPS) is 15.0. The van der Waals surface area contributed by atoms with Crippen molar-refractivity contribution in [3.63, 3.8) is 0 Å². The summed E-state index contributed by atoms with van der Waals surface area (Å²) in [6.45, 7) is 5.84. The van der Waals surface area contributed by atoms with E-state index in [1.54, 1.807) is 30.3 Å². The van der Waals surface area contributed by atoms with Crippen molar-refractivity contribution >= 4 is 22.9 Å². The van der Waals surface area contributed by atoms with Crippen LogP contribution < -0.4 is 4.74 Å². The Bertz CT molecular complexity index is 918. The minimum absolute atomic E-state index is 0.270. The number of nitrogens with zero attached hydrogens (tertiary/aromatic N) is 1. The van der Waals surface area contributed by atoms with E-state index in [1.165, 1.54) is 17.0 Å². The number of amides is 2. The van der Waals surface area contributed by atoms with Gasteiger partial charge in [-0.15, -0.1) is 0 Å². The molecule has 2 aromatic rings. The highest BCUT2D eigenvalue weighted by molar-refractivity contribution is 7.79. The van der Waals surface area contributed by atoms with E-state index >= 15 is 0 Å². The first-order chi connectivity index (χ1) is 12.8. The number of hydrogen-bond acceptors (Lipinski definition) is 4. The summed E-state index contributed by atoms with van der Waals surface area (Å²) >= 11 is -2.05. The summed E-state index contributed by atoms with van der Waals surface area (Å²) in [4.78, 5) is 27.3. The second kappa shape index (κ2) is 7.25. The van der Waals surface area contributed by atoms with Crippen LogP contribution in [0.3, 0.4) is 0 Å². The number of imide groups is 1. The molecule has 0 saturated heterocycles. The van der Waals surface area contributed by atoms with E-state index in [0.717, 1.165) is 0 Å². The van der Waals surface area contributed by atoms with Crippen LogP contribution in [-0.2, 0) is 11.1 Å². The van der Waals surface area contributed by atoms with Crippen molar-refractivity contribution in [2.45, 2.75) is 44.0 Å². The monoisotopic (exact) mass is 387 g/mol. The molecule has 0 fully saturated rings. The number of hydrogen-bond donors (Lipinski definition) is 1. The van der Waals surface area contributed by atoms with Gasteiger partial charge in [0, 0.05) is 5.54 Å². The number of benzene rings is 2. The molecule has 142 valence electrons. The zero-order valence-corrected chi connectivity index (χ0v) is 16.2. The van der Waals surface area contributed by atoms with Gasteiger partial charge in [-0.05, 0) is 62.2 Å². The standard InChI is InChI=1S/C20H21NO5S/c1-4-20(3,5-2)21-18(22)16-11-8-14(12-17(16)19(21)23)26-13-6-9-15(10-7-13)27(24)25/h6-12H,4-5H2,1-3H3,(H,24,25). The lowest BCUT2D eigenvalue weighted by molar-refractivity contribution is 0.0434. The third kappa shape index (κ3) is 3.40. The first-order valence-corrected chi connectivity index (χ1v) is 9.83. The second-order valence-electron chi connectivity index (χ2n) is 6.68. The summed E-state index contributed by atoms with van der Waals surface area (Å²) < 4.78 is 25.8. The van der Waals surface area contributed by atoms with Gasteiger partial charge < -0.3 is 9.29 Å². The molecule has 6 nitrogen and oxygen atoms in total. The van der Waals surface area contributed by atoms with Crippen molar-refractivity contribution in [3.05, 3.63) is 53.6 Å². The molecule has 0 radical (unpaired) electrons. The average molecular weight is 387 g/mol. The van der Waals surface area contributed by atoms with Crippen LogP contribution in [0.15, 0.2) is 47.4 Å². The Morgan fingerprint density at radius 1 is 0.963 bits per heavy atom. The molecule has 0 aliphatic carbocycles. The summed E-state index contributed by atoms with van der Waals surface area (Å²) in [5.74, 6) is 0.300. The van der Waals surface area contributed by atoms with Gasteiger partial charge >= 0.3 is 0 Å². The minimum atomic E-state index is -2.05. The van der Waals surface area contributed by atoms with Gasteiger partial charge in [0.15, 0.2) is 11.1 Å². The van der Waals surface area contributed by atoms with Crippen LogP contribution in [0, 0.1) is 0 Å². The molecule has 0 bridgehead atoms. The van der Waals surface area contributed by atoms with Crippen molar-refractivity contribution in [3.8, 4) is 11.5 Å². The molecule has 1 unspecified atom stereocenters. The van der Waals surface area contributed by atoms with E-state index in [0.29, 0.717) is 35.5 Å². The summed E-state index contributed by atoms with van der Waals surface area (Å²) in [5, 5.41) is 0. The van der Waals surface area contributed by atoms with Gasteiger partial charge in [-0.25, -0.2) is 4.21 Å². The minimum Gasteiger partial charge on any atom is -0.457 e. The molecule has 1 aliphatic rings. The molecule has 1 N–H and O–H groups in total. The number of ether oxygens (including phenoxy) is 1. The summed E-state index contributed by atoms with van der Waals surface area (Å²) in [6.07, 6.45) is 1.35. The molecule has 7 heteroatoms. The Morgan fingerprint density at radius 3 is 2.07 bits per heavy atom. The lowest BCUT2D eigenvalue weighted by Crippen LogP contribution is -2.48. The van der Waals surface area contributed by atoms with Crippen molar-refractivity contribution in [2.24, 2.45) is 0 Å². The van der Waals surface area contributed by atoms with Crippen LogP contribution in [0.5, 0.6) is 11.5 Å². The van der Waals surface area contributed by atoms with E-state index in [9.17, 15) is 13.8 Å². The Hall–Kier alpha value is -2.51. The molecular weight excluding hydrogens is 366 g/mol. The molecule has 1 atom stereocenters. The molecule has 0 saturated carbocycles. The van der Waals surface area contributed by atoms with E-state index in [-0.39, 0.29) is 16.7 Å². The van der Waals surface area contributed by atoms with Gasteiger partial charge in [0.05, 0.1) is 16.0 Å². The molecule has 27 heavy (non-hydrogen) atoms. The number of rotatable bonds is 6. The lowest BCUT2D eigenvalue weighted by atomic mass is 9.93. The molecule has 2 aromatic carbocycles. The fraction of sp³-hybridized carbons (Fsp3) is 0.300. The van der Waals surface area contributed by atoms with Gasteiger partial charge in [0.25, 0.3) is 11.8 Å². The number of fused-ring (bicyclic) bond motifs is 1. The quantitative estimate of drug-likeness (QED) is 0.592. The maximum Gasteiger partial charge on any atom is 0.262 e. The van der Waals surface area contributed by atoms with Gasteiger partial charge in [-0.1, -0.05) is 13.8 Å². The van der Waals surface area contributed by atoms with Crippen LogP contribution in [0.4, 0.5) is 0 Å². The van der Waals surface area contributed by atoms with Crippen LogP contribution in [-0.4, -0.2) is 31.0 Å². The van der Waals surface area contributed by atoms with E-state index in [2.05, 4.69) is 0 Å². The zero-order valence-electron chi connectivity index (χ0n) is 15.4. The highest BCUT2D eigenvalue weighted by Crippen LogP contribution is 2.35. The topological polar surface area (TPSA) is 83.9 Å². The van der Waals surface area contributed by atoms with Gasteiger partial charge in [0.1, 0.15) is 11.5 Å². The maximum atomic E-state index is 12.9. The van der Waals surface area contributed by atoms with Gasteiger partial charge in [0.2, 0.25) is 0 Å². The highest BCUT2D eigenvalue weighted by Gasteiger charge is 2.44. The predicted octanol–water partition coefficient (Wildman–Crippen LogP) is 4.23. The molecule has 0 aromatic heterocycles. The van der Waals surface area contributed by atoms with Crippen molar-refractivity contribution in [1.29, 1.82) is 0 Å². The molecule has 3 rings (SSSR count). The van der Waals surface area contributed by atoms with Crippen molar-refractivity contribution in [1.82, 2.24) is 4.90 Å². The summed E-state index contributed by atoms with van der Waals surface area (Å²) in [5.41, 5.74) is 0.189. The third-order valence-corrected chi connectivity index (χ3v) is 5.86. The van der Waals surface area contributed by atoms with Gasteiger partial charge in [-0.3, -0.25) is 14.5 Å². The number of carbonyl (C=O) groups is 2. The predicted molar refractivity (Wildman–Crippen MR) is 101 cm³/mol. The van der Waals surface area contributed by atoms with Gasteiger partial charge in [-0.2, -0.15) is 0 Å². The van der Waals surface area contributed by atoms with Crippen LogP contribution >= 0.6 is 0 Å². The molecule has 1 aliphatic heterocycles. The second-order valence-corrected chi connectivity index (χ2v) is 7.65. The van der Waals surface area contributed by atoms with E-state index < -0.39 is 16.6 Å². The maximum absolute atomic E-state index is 12.9. The highest BCUT2D eigenvalue weighted by atomic mass is 32.2. The van der Waals surface area contributed by atoms with Crippen molar-refractivity contribution < 1.29 is 23.1 Å². The van der Waals surface area contributed by atoms with Crippen LogP contribution in [0.1, 0.15) is 54.3 Å². The molecule has 2 amide bonds. The van der Waals surface area contributed by atoms with Crippen LogP contribution in [0.25, 0.3) is 0 Å². The molecule has 1 heterocycles. The average Bonchev–Trinajstić information content (AvgIpc) is 2.92. The first kappa shape index (κ1) is 19.3. The Morgan fingerprint density at radius 2 is 1.52 bits per heavy atom. The Labute approximate surface area is 160 Å². The van der Waals surface area contributed by atoms with E-state index in [4.69, 9.17) is 9.29 Å². The van der Waals surface area contributed by atoms with Crippen molar-refractivity contribution in [2.75, 3.05) is 0 Å².